The smallest absolute Gasteiger partial charge is 0.348 e. The van der Waals surface area contributed by atoms with Gasteiger partial charge in [-0.2, -0.15) is 0 Å². The molecule has 7 heteroatoms. The third-order valence-corrected chi connectivity index (χ3v) is 3.36. The average Bonchev–Trinajstić information content (AvgIpc) is 2.13. The molecule has 0 aromatic carbocycles. The van der Waals surface area contributed by atoms with Crippen LogP contribution >= 0.6 is 0 Å². The molecule has 0 radical (unpaired) electrons. The van der Waals surface area contributed by atoms with Crippen LogP contribution in [0.4, 0.5) is 0 Å². The lowest BCUT2D eigenvalue weighted by molar-refractivity contribution is -0.207. The molecule has 0 rings (SSSR count). The van der Waals surface area contributed by atoms with Crippen LogP contribution in [-0.4, -0.2) is 54.8 Å². The van der Waals surface area contributed by atoms with E-state index >= 15 is 0 Å². The fourth-order valence-electron chi connectivity index (χ4n) is 0.782. The molecule has 0 aliphatic carbocycles. The number of aliphatic hydroxyl groups is 4. The third-order valence-electron chi connectivity index (χ3n) is 3.36. The van der Waals surface area contributed by atoms with E-state index in [1.807, 2.05) is 0 Å². The van der Waals surface area contributed by atoms with E-state index in [4.69, 9.17) is 0 Å². The summed E-state index contributed by atoms with van der Waals surface area (Å²) in [5.41, 5.74) is -8.41. The summed E-state index contributed by atoms with van der Waals surface area (Å²) < 4.78 is 4.34. The Morgan fingerprint density at radius 1 is 0.684 bits per heavy atom. The largest absolute Gasteiger partial charge is 0.389 e. The zero-order chi connectivity index (χ0) is 15.9. The molecule has 19 heavy (non-hydrogen) atoms. The van der Waals surface area contributed by atoms with Crippen molar-refractivity contribution in [2.75, 3.05) is 0 Å². The van der Waals surface area contributed by atoms with Crippen molar-refractivity contribution in [2.24, 2.45) is 0 Å². The van der Waals surface area contributed by atoms with E-state index in [2.05, 4.69) is 4.74 Å². The van der Waals surface area contributed by atoms with Crippen LogP contribution in [-0.2, 0) is 14.3 Å². The van der Waals surface area contributed by atoms with Gasteiger partial charge in [0, 0.05) is 0 Å². The fourth-order valence-corrected chi connectivity index (χ4v) is 0.782. The molecule has 112 valence electrons. The number of ether oxygens (including phenoxy) is 1. The highest BCUT2D eigenvalue weighted by atomic mass is 16.6. The first-order valence-corrected chi connectivity index (χ1v) is 5.71. The Balaban J connectivity index is 5.11. The molecule has 0 saturated carbocycles. The second kappa shape index (κ2) is 4.82. The van der Waals surface area contributed by atoms with E-state index < -0.39 is 34.3 Å². The van der Waals surface area contributed by atoms with Gasteiger partial charge in [-0.3, -0.25) is 0 Å². The number of carbonyl (C=O) groups is 2. The number of hydrogen-bond acceptors (Lipinski definition) is 7. The van der Waals surface area contributed by atoms with E-state index in [-0.39, 0.29) is 0 Å². The second-order valence-corrected chi connectivity index (χ2v) is 5.94. The van der Waals surface area contributed by atoms with Crippen LogP contribution in [0.25, 0.3) is 0 Å². The van der Waals surface area contributed by atoms with Gasteiger partial charge in [0.1, 0.15) is 0 Å². The lowest BCUT2D eigenvalue weighted by Gasteiger charge is -2.35. The summed E-state index contributed by atoms with van der Waals surface area (Å²) in [5.74, 6) is -2.84. The molecule has 0 aliphatic heterocycles. The van der Waals surface area contributed by atoms with Crippen LogP contribution in [0.15, 0.2) is 0 Å². The first kappa shape index (κ1) is 18.0. The first-order valence-electron chi connectivity index (χ1n) is 5.71. The number of esters is 2. The molecule has 0 saturated heterocycles. The molecular weight excluding hydrogens is 256 g/mol. The molecule has 0 heterocycles. The van der Waals surface area contributed by atoms with E-state index in [0.717, 1.165) is 41.5 Å². The van der Waals surface area contributed by atoms with Gasteiger partial charge in [-0.15, -0.1) is 0 Å². The van der Waals surface area contributed by atoms with Crippen molar-refractivity contribution in [1.29, 1.82) is 0 Å². The summed E-state index contributed by atoms with van der Waals surface area (Å²) in [6.07, 6.45) is 0. The summed E-state index contributed by atoms with van der Waals surface area (Å²) in [4.78, 5) is 23.3. The van der Waals surface area contributed by atoms with Crippen molar-refractivity contribution in [1.82, 2.24) is 0 Å². The van der Waals surface area contributed by atoms with Gasteiger partial charge in [-0.05, 0) is 41.5 Å². The average molecular weight is 278 g/mol. The summed E-state index contributed by atoms with van der Waals surface area (Å²) in [5, 5.41) is 38.9. The maximum absolute atomic E-state index is 11.6. The van der Waals surface area contributed by atoms with Crippen molar-refractivity contribution in [3.8, 4) is 0 Å². The number of carbonyl (C=O) groups excluding carboxylic acids is 2. The van der Waals surface area contributed by atoms with Gasteiger partial charge in [0.05, 0.1) is 11.2 Å². The SMILES string of the molecule is CC(C)(O)C(C)(O)C(=O)OC(=O)C(C)(O)C(C)(C)O. The summed E-state index contributed by atoms with van der Waals surface area (Å²) in [7, 11) is 0. The van der Waals surface area contributed by atoms with E-state index in [0.29, 0.717) is 0 Å². The minimum absolute atomic E-state index is 0.974. The molecule has 0 bridgehead atoms. The Morgan fingerprint density at radius 3 is 1.05 bits per heavy atom. The Bertz CT molecular complexity index is 333. The van der Waals surface area contributed by atoms with Crippen LogP contribution in [0, 0.1) is 0 Å². The fraction of sp³-hybridized carbons (Fsp3) is 0.833. The maximum atomic E-state index is 11.6. The molecular formula is C12H22O7. The van der Waals surface area contributed by atoms with Crippen molar-refractivity contribution < 1.29 is 34.8 Å². The maximum Gasteiger partial charge on any atom is 0.348 e. The molecule has 0 aromatic rings. The summed E-state index contributed by atoms with van der Waals surface area (Å²) >= 11 is 0. The first-order chi connectivity index (χ1) is 8.05. The highest BCUT2D eigenvalue weighted by Crippen LogP contribution is 2.26. The lowest BCUT2D eigenvalue weighted by atomic mass is 9.86. The molecule has 0 spiro atoms. The van der Waals surface area contributed by atoms with Gasteiger partial charge >= 0.3 is 11.9 Å². The van der Waals surface area contributed by atoms with Crippen molar-refractivity contribution in [3.63, 3.8) is 0 Å². The summed E-state index contributed by atoms with van der Waals surface area (Å²) in [6, 6.07) is 0. The monoisotopic (exact) mass is 278 g/mol. The topological polar surface area (TPSA) is 124 Å². The molecule has 0 aromatic heterocycles. The zero-order valence-corrected chi connectivity index (χ0v) is 12.0. The van der Waals surface area contributed by atoms with Crippen LogP contribution in [0.1, 0.15) is 41.5 Å². The Labute approximate surface area is 111 Å². The molecule has 0 fully saturated rings. The minimum atomic E-state index is -2.35. The number of hydrogen-bond donors (Lipinski definition) is 4. The molecule has 2 atom stereocenters. The lowest BCUT2D eigenvalue weighted by Crippen LogP contribution is -2.59. The van der Waals surface area contributed by atoms with Crippen LogP contribution < -0.4 is 0 Å². The molecule has 4 N–H and O–H groups in total. The van der Waals surface area contributed by atoms with E-state index in [1.54, 1.807) is 0 Å². The highest BCUT2D eigenvalue weighted by Gasteiger charge is 2.51. The zero-order valence-electron chi connectivity index (χ0n) is 12.0. The van der Waals surface area contributed by atoms with Crippen LogP contribution in [0.3, 0.4) is 0 Å². The molecule has 7 nitrogen and oxygen atoms in total. The van der Waals surface area contributed by atoms with Crippen molar-refractivity contribution >= 4 is 11.9 Å². The molecule has 0 aliphatic rings. The van der Waals surface area contributed by atoms with E-state index in [9.17, 15) is 30.0 Å². The van der Waals surface area contributed by atoms with Gasteiger partial charge in [-0.1, -0.05) is 0 Å². The van der Waals surface area contributed by atoms with Gasteiger partial charge in [-0.25, -0.2) is 9.59 Å². The van der Waals surface area contributed by atoms with Crippen LogP contribution in [0.2, 0.25) is 0 Å². The Hall–Kier alpha value is -1.02. The highest BCUT2D eigenvalue weighted by molar-refractivity contribution is 5.94. The van der Waals surface area contributed by atoms with Gasteiger partial charge in [0.25, 0.3) is 0 Å². The summed E-state index contributed by atoms with van der Waals surface area (Å²) in [6.45, 7) is 6.59. The quantitative estimate of drug-likeness (QED) is 0.388. The second-order valence-electron chi connectivity index (χ2n) is 5.94. The number of rotatable bonds is 4. The Kier molecular flexibility index (Phi) is 4.57. The normalized spacial score (nSPS) is 19.3. The third kappa shape index (κ3) is 3.50. The van der Waals surface area contributed by atoms with Crippen molar-refractivity contribution in [2.45, 2.75) is 63.9 Å². The van der Waals surface area contributed by atoms with E-state index in [1.165, 1.54) is 0 Å². The van der Waals surface area contributed by atoms with Gasteiger partial charge < -0.3 is 25.2 Å². The van der Waals surface area contributed by atoms with Crippen molar-refractivity contribution in [3.05, 3.63) is 0 Å². The van der Waals surface area contributed by atoms with Gasteiger partial charge in [0.15, 0.2) is 11.2 Å². The Morgan fingerprint density at radius 2 is 0.895 bits per heavy atom. The molecule has 2 unspecified atom stereocenters. The predicted octanol–water partition coefficient (Wildman–Crippen LogP) is -0.900. The van der Waals surface area contributed by atoms with Gasteiger partial charge in [0.2, 0.25) is 0 Å². The minimum Gasteiger partial charge on any atom is -0.389 e. The predicted molar refractivity (Wildman–Crippen MR) is 64.9 cm³/mol. The molecule has 0 amide bonds. The van der Waals surface area contributed by atoms with Crippen LogP contribution in [0.5, 0.6) is 0 Å². The standard InChI is InChI=1S/C12H22O7/c1-9(2,15)11(5,17)7(13)19-8(14)12(6,18)10(3,4)16/h15-18H,1-6H3.